The third-order valence-corrected chi connectivity index (χ3v) is 4.76. The molecule has 134 valence electrons. The zero-order valence-corrected chi connectivity index (χ0v) is 15.5. The zero-order chi connectivity index (χ0) is 17.8. The van der Waals surface area contributed by atoms with E-state index in [0.717, 1.165) is 48.7 Å². The summed E-state index contributed by atoms with van der Waals surface area (Å²) < 4.78 is 2.17. The third-order valence-electron chi connectivity index (χ3n) is 4.52. The van der Waals surface area contributed by atoms with Crippen molar-refractivity contribution in [2.24, 2.45) is 0 Å². The number of carbonyl (C=O) groups is 1. The van der Waals surface area contributed by atoms with Crippen LogP contribution in [0.15, 0.2) is 18.2 Å². The number of rotatable bonds is 4. The van der Waals surface area contributed by atoms with E-state index in [2.05, 4.69) is 20.1 Å². The van der Waals surface area contributed by atoms with E-state index in [1.54, 1.807) is 4.90 Å². The fraction of sp³-hybridized carbons (Fsp3) is 0.500. The molecule has 3 rings (SSSR count). The first kappa shape index (κ1) is 17.7. The van der Waals surface area contributed by atoms with E-state index >= 15 is 0 Å². The third kappa shape index (κ3) is 3.95. The number of aryl methyl sites for hydroxylation is 2. The molecule has 1 N–H and O–H groups in total. The number of nitrogens with zero attached hydrogens (tertiary/aromatic N) is 4. The van der Waals surface area contributed by atoms with Crippen LogP contribution in [-0.2, 0) is 19.5 Å². The topological polar surface area (TPSA) is 63.1 Å². The standard InChI is InChI=1S/C18H24ClN5O/c1-3-20-18(25)24(15-11-14(19)9-8-13(15)2)12-17-22-21-16-7-5-4-6-10-23(16)17/h8-9,11H,3-7,10,12H2,1-2H3,(H,20,25). The molecule has 0 fully saturated rings. The summed E-state index contributed by atoms with van der Waals surface area (Å²) in [4.78, 5) is 14.4. The van der Waals surface area contributed by atoms with Crippen LogP contribution in [0.1, 0.15) is 43.4 Å². The van der Waals surface area contributed by atoms with Crippen molar-refractivity contribution in [1.29, 1.82) is 0 Å². The Bertz CT molecular complexity index is 758. The molecule has 1 aromatic carbocycles. The molecule has 1 aromatic heterocycles. The second kappa shape index (κ2) is 7.87. The predicted octanol–water partition coefficient (Wildman–Crippen LogP) is 3.70. The molecule has 0 spiro atoms. The quantitative estimate of drug-likeness (QED) is 0.903. The average Bonchev–Trinajstić information content (AvgIpc) is 2.81. The fourth-order valence-electron chi connectivity index (χ4n) is 3.19. The Labute approximate surface area is 153 Å². The van der Waals surface area contributed by atoms with Crippen LogP contribution in [0.4, 0.5) is 10.5 Å². The average molecular weight is 362 g/mol. The largest absolute Gasteiger partial charge is 0.338 e. The first-order valence-corrected chi connectivity index (χ1v) is 9.20. The minimum Gasteiger partial charge on any atom is -0.338 e. The number of anilines is 1. The van der Waals surface area contributed by atoms with Crippen LogP contribution < -0.4 is 10.2 Å². The van der Waals surface area contributed by atoms with Crippen LogP contribution >= 0.6 is 11.6 Å². The highest BCUT2D eigenvalue weighted by molar-refractivity contribution is 6.31. The molecule has 25 heavy (non-hydrogen) atoms. The van der Waals surface area contributed by atoms with E-state index in [0.29, 0.717) is 18.1 Å². The summed E-state index contributed by atoms with van der Waals surface area (Å²) in [6.45, 7) is 5.73. The highest BCUT2D eigenvalue weighted by Crippen LogP contribution is 2.26. The van der Waals surface area contributed by atoms with E-state index in [4.69, 9.17) is 11.6 Å². The zero-order valence-electron chi connectivity index (χ0n) is 14.8. The van der Waals surface area contributed by atoms with Crippen LogP contribution in [-0.4, -0.2) is 27.3 Å². The number of aromatic nitrogens is 3. The van der Waals surface area contributed by atoms with E-state index in [1.807, 2.05) is 32.0 Å². The number of amides is 2. The SMILES string of the molecule is CCNC(=O)N(Cc1nnc2n1CCCCC2)c1cc(Cl)ccc1C. The first-order valence-electron chi connectivity index (χ1n) is 8.82. The minimum atomic E-state index is -0.154. The Hall–Kier alpha value is -2.08. The van der Waals surface area contributed by atoms with Crippen molar-refractivity contribution < 1.29 is 4.79 Å². The van der Waals surface area contributed by atoms with Crippen molar-refractivity contribution in [3.05, 3.63) is 40.4 Å². The van der Waals surface area contributed by atoms with Gasteiger partial charge in [-0.15, -0.1) is 10.2 Å². The highest BCUT2D eigenvalue weighted by atomic mass is 35.5. The Morgan fingerprint density at radius 1 is 1.32 bits per heavy atom. The molecule has 6 nitrogen and oxygen atoms in total. The van der Waals surface area contributed by atoms with Gasteiger partial charge in [0.2, 0.25) is 0 Å². The lowest BCUT2D eigenvalue weighted by molar-refractivity contribution is 0.246. The molecule has 1 aliphatic rings. The molecular formula is C18H24ClN5O. The molecule has 7 heteroatoms. The van der Waals surface area contributed by atoms with Crippen molar-refractivity contribution in [1.82, 2.24) is 20.1 Å². The lowest BCUT2D eigenvalue weighted by atomic mass is 10.2. The summed E-state index contributed by atoms with van der Waals surface area (Å²) >= 11 is 6.17. The highest BCUT2D eigenvalue weighted by Gasteiger charge is 2.22. The minimum absolute atomic E-state index is 0.154. The van der Waals surface area contributed by atoms with Crippen LogP contribution in [0.3, 0.4) is 0 Å². The van der Waals surface area contributed by atoms with E-state index in [9.17, 15) is 4.79 Å². The molecule has 0 saturated heterocycles. The summed E-state index contributed by atoms with van der Waals surface area (Å²) in [6.07, 6.45) is 4.42. The van der Waals surface area contributed by atoms with Gasteiger partial charge in [0.25, 0.3) is 0 Å². The molecule has 0 atom stereocenters. The number of hydrogen-bond acceptors (Lipinski definition) is 3. The Morgan fingerprint density at radius 2 is 2.16 bits per heavy atom. The monoisotopic (exact) mass is 361 g/mol. The Kier molecular flexibility index (Phi) is 5.58. The number of urea groups is 1. The number of nitrogens with one attached hydrogen (secondary N) is 1. The number of hydrogen-bond donors (Lipinski definition) is 1. The summed E-state index contributed by atoms with van der Waals surface area (Å²) in [5.41, 5.74) is 1.79. The van der Waals surface area contributed by atoms with Gasteiger partial charge in [0, 0.05) is 24.5 Å². The van der Waals surface area contributed by atoms with E-state index in [-0.39, 0.29) is 6.03 Å². The second-order valence-electron chi connectivity index (χ2n) is 6.35. The van der Waals surface area contributed by atoms with Gasteiger partial charge in [-0.05, 0) is 44.4 Å². The lowest BCUT2D eigenvalue weighted by Gasteiger charge is -2.24. The van der Waals surface area contributed by atoms with Crippen molar-refractivity contribution >= 4 is 23.3 Å². The maximum absolute atomic E-state index is 12.7. The van der Waals surface area contributed by atoms with Crippen molar-refractivity contribution in [3.8, 4) is 0 Å². The van der Waals surface area contributed by atoms with E-state index in [1.165, 1.54) is 6.42 Å². The smallest absolute Gasteiger partial charge is 0.322 e. The second-order valence-corrected chi connectivity index (χ2v) is 6.78. The summed E-state index contributed by atoms with van der Waals surface area (Å²) in [5, 5.41) is 12.2. The van der Waals surface area contributed by atoms with Gasteiger partial charge in [-0.3, -0.25) is 4.90 Å². The van der Waals surface area contributed by atoms with Crippen LogP contribution in [0, 0.1) is 6.92 Å². The molecular weight excluding hydrogens is 338 g/mol. The molecule has 2 amide bonds. The normalized spacial score (nSPS) is 13.9. The van der Waals surface area contributed by atoms with Gasteiger partial charge >= 0.3 is 6.03 Å². The van der Waals surface area contributed by atoms with Gasteiger partial charge < -0.3 is 9.88 Å². The summed E-state index contributed by atoms with van der Waals surface area (Å²) in [5.74, 6) is 1.84. The van der Waals surface area contributed by atoms with Crippen molar-refractivity contribution in [2.75, 3.05) is 11.4 Å². The predicted molar refractivity (Wildman–Crippen MR) is 99.0 cm³/mol. The molecule has 2 aromatic rings. The van der Waals surface area contributed by atoms with Gasteiger partial charge in [-0.2, -0.15) is 0 Å². The summed E-state index contributed by atoms with van der Waals surface area (Å²) in [6, 6.07) is 5.43. The maximum Gasteiger partial charge on any atom is 0.322 e. The van der Waals surface area contributed by atoms with Gasteiger partial charge in [0.05, 0.1) is 12.2 Å². The molecule has 0 unspecified atom stereocenters. The number of fused-ring (bicyclic) bond motifs is 1. The van der Waals surface area contributed by atoms with Crippen molar-refractivity contribution in [2.45, 2.75) is 52.6 Å². The lowest BCUT2D eigenvalue weighted by Crippen LogP contribution is -2.40. The molecule has 0 radical (unpaired) electrons. The van der Waals surface area contributed by atoms with Gasteiger partial charge in [0.1, 0.15) is 5.82 Å². The van der Waals surface area contributed by atoms with Gasteiger partial charge in [-0.25, -0.2) is 4.79 Å². The molecule has 0 bridgehead atoms. The molecule has 2 heterocycles. The number of halogens is 1. The maximum atomic E-state index is 12.7. The molecule has 0 saturated carbocycles. The number of benzene rings is 1. The van der Waals surface area contributed by atoms with Gasteiger partial charge in [0.15, 0.2) is 5.82 Å². The van der Waals surface area contributed by atoms with E-state index < -0.39 is 0 Å². The van der Waals surface area contributed by atoms with Crippen molar-refractivity contribution in [3.63, 3.8) is 0 Å². The van der Waals surface area contributed by atoms with Crippen LogP contribution in [0.5, 0.6) is 0 Å². The van der Waals surface area contributed by atoms with Crippen LogP contribution in [0.25, 0.3) is 0 Å². The Morgan fingerprint density at radius 3 is 2.96 bits per heavy atom. The Balaban J connectivity index is 1.95. The summed E-state index contributed by atoms with van der Waals surface area (Å²) in [7, 11) is 0. The molecule has 1 aliphatic heterocycles. The van der Waals surface area contributed by atoms with Crippen LogP contribution in [0.2, 0.25) is 5.02 Å². The first-order chi connectivity index (χ1) is 12.1. The van der Waals surface area contributed by atoms with Gasteiger partial charge in [-0.1, -0.05) is 24.1 Å². The number of carbonyl (C=O) groups excluding carboxylic acids is 1. The fourth-order valence-corrected chi connectivity index (χ4v) is 3.36. The molecule has 0 aliphatic carbocycles.